The van der Waals surface area contributed by atoms with Crippen LogP contribution >= 0.6 is 11.8 Å². The van der Waals surface area contributed by atoms with Crippen LogP contribution in [0.4, 0.5) is 0 Å². The maximum Gasteiger partial charge on any atom is 0.185 e. The van der Waals surface area contributed by atoms with Crippen LogP contribution in [0, 0.1) is 10.8 Å². The van der Waals surface area contributed by atoms with E-state index < -0.39 is 0 Å². The summed E-state index contributed by atoms with van der Waals surface area (Å²) in [6.45, 7) is 4.71. The van der Waals surface area contributed by atoms with Crippen LogP contribution in [-0.4, -0.2) is 30.5 Å². The van der Waals surface area contributed by atoms with Crippen LogP contribution in [0.15, 0.2) is 54.0 Å². The van der Waals surface area contributed by atoms with Crippen LogP contribution in [-0.2, 0) is 0 Å². The van der Waals surface area contributed by atoms with Crippen LogP contribution < -0.4 is 0 Å². The summed E-state index contributed by atoms with van der Waals surface area (Å²) in [4.78, 5) is 8.57. The number of hydrogen-bond donors (Lipinski definition) is 1. The number of thioether (sulfide) groups is 1. The predicted octanol–water partition coefficient (Wildman–Crippen LogP) is 5.02. The van der Waals surface area contributed by atoms with Crippen molar-refractivity contribution in [2.75, 3.05) is 0 Å². The number of benzene rings is 1. The molecular formula is C22H22N4OS. The minimum atomic E-state index is 0.137. The Morgan fingerprint density at radius 1 is 1.04 bits per heavy atom. The maximum atomic E-state index is 10.4. The lowest BCUT2D eigenvalue weighted by Crippen LogP contribution is -2.31. The summed E-state index contributed by atoms with van der Waals surface area (Å²) in [6.07, 6.45) is 13.6. The number of aromatic nitrogens is 4. The molecule has 28 heavy (non-hydrogen) atoms. The van der Waals surface area contributed by atoms with Gasteiger partial charge in [-0.1, -0.05) is 37.8 Å². The number of rotatable bonds is 3. The lowest BCUT2D eigenvalue weighted by molar-refractivity contribution is 0.201. The molecular weight excluding hydrogens is 368 g/mol. The fourth-order valence-electron chi connectivity index (χ4n) is 4.83. The van der Waals surface area contributed by atoms with E-state index in [0.717, 1.165) is 28.6 Å². The van der Waals surface area contributed by atoms with Crippen molar-refractivity contribution in [1.29, 1.82) is 0 Å². The van der Waals surface area contributed by atoms with Crippen LogP contribution in [0.2, 0.25) is 0 Å². The highest BCUT2D eigenvalue weighted by Gasteiger charge is 2.45. The minimum absolute atomic E-state index is 0.137. The van der Waals surface area contributed by atoms with E-state index in [1.165, 1.54) is 6.42 Å². The van der Waals surface area contributed by atoms with E-state index in [0.29, 0.717) is 27.5 Å². The van der Waals surface area contributed by atoms with Gasteiger partial charge >= 0.3 is 0 Å². The number of nitrogens with zero attached hydrogens (tertiary/aromatic N) is 4. The zero-order chi connectivity index (χ0) is 19.4. The van der Waals surface area contributed by atoms with Gasteiger partial charge in [0.15, 0.2) is 5.82 Å². The molecule has 1 aromatic carbocycles. The second-order valence-electron chi connectivity index (χ2n) is 8.68. The van der Waals surface area contributed by atoms with Gasteiger partial charge in [-0.3, -0.25) is 4.98 Å². The van der Waals surface area contributed by atoms with Crippen molar-refractivity contribution >= 4 is 22.5 Å². The zero-order valence-electron chi connectivity index (χ0n) is 16.0. The first-order valence-corrected chi connectivity index (χ1v) is 10.4. The topological polar surface area (TPSA) is 71.8 Å². The Labute approximate surface area is 168 Å². The van der Waals surface area contributed by atoms with Crippen molar-refractivity contribution < 1.29 is 5.11 Å². The molecule has 0 aliphatic heterocycles. The van der Waals surface area contributed by atoms with Gasteiger partial charge in [0.1, 0.15) is 10.8 Å². The molecule has 0 spiro atoms. The average Bonchev–Trinajstić information content (AvgIpc) is 2.89. The highest BCUT2D eigenvalue weighted by molar-refractivity contribution is 7.99. The van der Waals surface area contributed by atoms with Crippen molar-refractivity contribution in [2.45, 2.75) is 43.4 Å². The highest BCUT2D eigenvalue weighted by atomic mass is 32.2. The third-order valence-electron chi connectivity index (χ3n) is 5.91. The van der Waals surface area contributed by atoms with E-state index in [1.54, 1.807) is 36.4 Å². The first-order chi connectivity index (χ1) is 13.4. The molecule has 5 rings (SSSR count). The van der Waals surface area contributed by atoms with E-state index >= 15 is 0 Å². The third kappa shape index (κ3) is 3.15. The van der Waals surface area contributed by atoms with Crippen LogP contribution in [0.25, 0.3) is 22.2 Å². The molecule has 2 aliphatic rings. The molecule has 142 valence electrons. The van der Waals surface area contributed by atoms with Gasteiger partial charge < -0.3 is 5.11 Å². The molecule has 0 radical (unpaired) electrons. The molecule has 1 saturated carbocycles. The number of phenolic OH excluding ortho intramolecular Hbond substituents is 1. The van der Waals surface area contributed by atoms with Gasteiger partial charge in [-0.25, -0.2) is 4.98 Å². The molecule has 3 aromatic rings. The summed E-state index contributed by atoms with van der Waals surface area (Å²) in [5.74, 6) is 0.573. The Balaban J connectivity index is 1.37. The minimum Gasteiger partial charge on any atom is -0.507 e. The van der Waals surface area contributed by atoms with Gasteiger partial charge in [0.2, 0.25) is 0 Å². The second-order valence-corrected chi connectivity index (χ2v) is 10.00. The Bertz CT molecular complexity index is 1060. The van der Waals surface area contributed by atoms with E-state index in [2.05, 4.69) is 46.2 Å². The predicted molar refractivity (Wildman–Crippen MR) is 111 cm³/mol. The van der Waals surface area contributed by atoms with Gasteiger partial charge in [0.05, 0.1) is 11.8 Å². The van der Waals surface area contributed by atoms with Gasteiger partial charge in [0.25, 0.3) is 0 Å². The van der Waals surface area contributed by atoms with Crippen molar-refractivity contribution in [2.24, 2.45) is 10.8 Å². The number of fused-ring (bicyclic) bond motifs is 3. The van der Waals surface area contributed by atoms with Gasteiger partial charge in [-0.15, -0.1) is 10.2 Å². The lowest BCUT2D eigenvalue weighted by atomic mass is 9.69. The summed E-state index contributed by atoms with van der Waals surface area (Å²) in [7, 11) is 0. The zero-order valence-corrected chi connectivity index (χ0v) is 16.8. The summed E-state index contributed by atoms with van der Waals surface area (Å²) >= 11 is 1.77. The Morgan fingerprint density at radius 2 is 1.82 bits per heavy atom. The number of allylic oxidation sites excluding steroid dienone is 2. The largest absolute Gasteiger partial charge is 0.507 e. The molecule has 1 N–H and O–H groups in total. The third-order valence-corrected chi connectivity index (χ3v) is 7.00. The molecule has 3 atom stereocenters. The summed E-state index contributed by atoms with van der Waals surface area (Å²) < 4.78 is 0. The van der Waals surface area contributed by atoms with E-state index in [4.69, 9.17) is 0 Å². The van der Waals surface area contributed by atoms with Crippen LogP contribution in [0.1, 0.15) is 33.1 Å². The standard InChI is InChI=1S/C22H22N4OS/c1-21-4-5-22(2,13-21)10-16(9-21)28-19-12-24-20(26-25-19)17-7-14-3-6-23-11-15(14)8-18(17)27/h3-8,11-12,16,27H,9-10,13H2,1-2H3/t16?,21-,22+. The van der Waals surface area contributed by atoms with Gasteiger partial charge in [0, 0.05) is 23.0 Å². The molecule has 6 heteroatoms. The molecule has 2 aliphatic carbocycles. The SMILES string of the molecule is C[C@]12C=C[C@](C)(CC(Sc3cnc(-c4cc5ccncc5cc4O)nn3)C1)C2. The van der Waals surface area contributed by atoms with Gasteiger partial charge in [-0.2, -0.15) is 0 Å². The molecule has 2 aromatic heterocycles. The quantitative estimate of drug-likeness (QED) is 0.633. The highest BCUT2D eigenvalue weighted by Crippen LogP contribution is 2.56. The van der Waals surface area contributed by atoms with Crippen molar-refractivity contribution in [3.05, 3.63) is 48.9 Å². The van der Waals surface area contributed by atoms with Crippen molar-refractivity contribution in [3.8, 4) is 17.1 Å². The molecule has 1 unspecified atom stereocenters. The van der Waals surface area contributed by atoms with Crippen LogP contribution in [0.5, 0.6) is 5.75 Å². The maximum absolute atomic E-state index is 10.4. The Kier molecular flexibility index (Phi) is 3.95. The molecule has 1 fully saturated rings. The van der Waals surface area contributed by atoms with E-state index in [1.807, 2.05) is 12.1 Å². The lowest BCUT2D eigenvalue weighted by Gasteiger charge is -2.40. The average molecular weight is 391 g/mol. The summed E-state index contributed by atoms with van der Waals surface area (Å²) in [6, 6.07) is 5.47. The van der Waals surface area contributed by atoms with E-state index in [-0.39, 0.29) is 5.75 Å². The fourth-order valence-corrected chi connectivity index (χ4v) is 6.31. The number of pyridine rings is 1. The first-order valence-electron chi connectivity index (χ1n) is 9.55. The fraction of sp³-hybridized carbons (Fsp3) is 0.364. The molecule has 0 saturated heterocycles. The Hall–Kier alpha value is -2.47. The second kappa shape index (κ2) is 6.27. The van der Waals surface area contributed by atoms with E-state index in [9.17, 15) is 5.11 Å². The van der Waals surface area contributed by atoms with Crippen molar-refractivity contribution in [1.82, 2.24) is 20.2 Å². The number of phenols is 1. The van der Waals surface area contributed by atoms with Crippen LogP contribution in [0.3, 0.4) is 0 Å². The van der Waals surface area contributed by atoms with Gasteiger partial charge in [-0.05, 0) is 53.7 Å². The Morgan fingerprint density at radius 3 is 2.54 bits per heavy atom. The van der Waals surface area contributed by atoms with Crippen molar-refractivity contribution in [3.63, 3.8) is 0 Å². The smallest absolute Gasteiger partial charge is 0.185 e. The molecule has 2 heterocycles. The number of aromatic hydroxyl groups is 1. The monoisotopic (exact) mass is 390 g/mol. The number of hydrogen-bond acceptors (Lipinski definition) is 6. The molecule has 0 amide bonds. The first kappa shape index (κ1) is 17.6. The normalized spacial score (nSPS) is 28.7. The molecule has 5 nitrogen and oxygen atoms in total. The summed E-state index contributed by atoms with van der Waals surface area (Å²) in [5, 5.41) is 22.3. The summed E-state index contributed by atoms with van der Waals surface area (Å²) in [5.41, 5.74) is 1.19. The molecule has 2 bridgehead atoms.